The zero-order valence-corrected chi connectivity index (χ0v) is 16.8. The zero-order valence-electron chi connectivity index (χ0n) is 15.2. The molecular weight excluding hydrogens is 384 g/mol. The Morgan fingerprint density at radius 3 is 2.74 bits per heavy atom. The number of ether oxygens (including phenoxy) is 1. The van der Waals surface area contributed by atoms with Gasteiger partial charge in [-0.1, -0.05) is 17.7 Å². The number of fused-ring (bicyclic) bond motifs is 1. The van der Waals surface area contributed by atoms with Crippen LogP contribution in [0.3, 0.4) is 0 Å². The normalized spacial score (nSPS) is 10.8. The lowest BCUT2D eigenvalue weighted by atomic mass is 10.2. The number of nitrogens with one attached hydrogen (secondary N) is 1. The summed E-state index contributed by atoms with van der Waals surface area (Å²) in [5.74, 6) is 0.579. The van der Waals surface area contributed by atoms with Gasteiger partial charge in [-0.25, -0.2) is 0 Å². The van der Waals surface area contributed by atoms with E-state index in [2.05, 4.69) is 5.32 Å². The van der Waals surface area contributed by atoms with Gasteiger partial charge in [-0.2, -0.15) is 0 Å². The summed E-state index contributed by atoms with van der Waals surface area (Å²) in [5, 5.41) is 4.29. The van der Waals surface area contributed by atoms with E-state index in [1.807, 2.05) is 25.1 Å². The second-order valence-corrected chi connectivity index (χ2v) is 7.56. The number of benzene rings is 2. The minimum Gasteiger partial charge on any atom is -0.495 e. The largest absolute Gasteiger partial charge is 0.495 e. The molecule has 3 aromatic rings. The first kappa shape index (κ1) is 19.3. The zero-order chi connectivity index (χ0) is 19.6. The molecule has 1 aromatic heterocycles. The highest BCUT2D eigenvalue weighted by molar-refractivity contribution is 8.00. The molecule has 1 amide bonds. The van der Waals surface area contributed by atoms with Crippen LogP contribution in [-0.4, -0.2) is 23.3 Å². The fourth-order valence-electron chi connectivity index (χ4n) is 2.77. The molecule has 7 heteroatoms. The Bertz CT molecular complexity index is 1080. The monoisotopic (exact) mass is 402 g/mol. The molecule has 1 N–H and O–H groups in total. The molecule has 0 aliphatic rings. The predicted octanol–water partition coefficient (Wildman–Crippen LogP) is 4.24. The average molecular weight is 403 g/mol. The van der Waals surface area contributed by atoms with E-state index < -0.39 is 0 Å². The molecule has 0 aliphatic carbocycles. The third kappa shape index (κ3) is 4.28. The molecule has 140 valence electrons. The number of hydrogen-bond donors (Lipinski definition) is 1. The first-order valence-corrected chi connectivity index (χ1v) is 9.62. The molecule has 2 aromatic carbocycles. The maximum Gasteiger partial charge on any atom is 0.251 e. The third-order valence-electron chi connectivity index (χ3n) is 4.16. The first-order chi connectivity index (χ1) is 12.9. The Morgan fingerprint density at radius 2 is 2.00 bits per heavy atom. The standard InChI is InChI=1S/C20H19ClN2O3S/c1-12-4-7-17(26-3)15(8-12)22-19(24)11-27-18-10-20(25)23(2)16-6-5-13(21)9-14(16)18/h4-10H,11H2,1-3H3,(H,22,24). The number of aromatic nitrogens is 1. The van der Waals surface area contributed by atoms with E-state index in [0.717, 1.165) is 21.4 Å². The molecule has 0 radical (unpaired) electrons. The van der Waals surface area contributed by atoms with Crippen LogP contribution >= 0.6 is 23.4 Å². The number of halogens is 1. The maximum atomic E-state index is 12.4. The van der Waals surface area contributed by atoms with Crippen LogP contribution in [0, 0.1) is 6.92 Å². The van der Waals surface area contributed by atoms with Crippen molar-refractivity contribution in [3.63, 3.8) is 0 Å². The van der Waals surface area contributed by atoms with Crippen LogP contribution in [0.5, 0.6) is 5.75 Å². The second kappa shape index (κ2) is 8.06. The molecule has 0 fully saturated rings. The van der Waals surface area contributed by atoms with Crippen LogP contribution in [0.15, 0.2) is 52.2 Å². The van der Waals surface area contributed by atoms with E-state index in [1.54, 1.807) is 36.9 Å². The number of carbonyl (C=O) groups is 1. The third-order valence-corrected chi connectivity index (χ3v) is 5.45. The van der Waals surface area contributed by atoms with Crippen molar-refractivity contribution < 1.29 is 9.53 Å². The van der Waals surface area contributed by atoms with E-state index in [-0.39, 0.29) is 17.2 Å². The number of carbonyl (C=O) groups excluding carboxylic acids is 1. The lowest BCUT2D eigenvalue weighted by molar-refractivity contribution is -0.113. The first-order valence-electron chi connectivity index (χ1n) is 8.25. The minimum absolute atomic E-state index is 0.131. The highest BCUT2D eigenvalue weighted by atomic mass is 35.5. The minimum atomic E-state index is -0.181. The Kier molecular flexibility index (Phi) is 5.77. The van der Waals surface area contributed by atoms with Gasteiger partial charge in [-0.3, -0.25) is 9.59 Å². The number of anilines is 1. The molecule has 0 unspecified atom stereocenters. The summed E-state index contributed by atoms with van der Waals surface area (Å²) >= 11 is 7.41. The Balaban J connectivity index is 1.82. The lowest BCUT2D eigenvalue weighted by Crippen LogP contribution is -2.17. The Hall–Kier alpha value is -2.44. The molecule has 0 atom stereocenters. The van der Waals surface area contributed by atoms with Gasteiger partial charge < -0.3 is 14.6 Å². The summed E-state index contributed by atoms with van der Waals surface area (Å²) in [7, 11) is 3.27. The number of methoxy groups -OCH3 is 1. The molecular formula is C20H19ClN2O3S. The smallest absolute Gasteiger partial charge is 0.251 e. The van der Waals surface area contributed by atoms with Crippen LogP contribution in [0.2, 0.25) is 5.02 Å². The van der Waals surface area contributed by atoms with E-state index in [4.69, 9.17) is 16.3 Å². The van der Waals surface area contributed by atoms with Crippen LogP contribution in [0.1, 0.15) is 5.56 Å². The van der Waals surface area contributed by atoms with Crippen LogP contribution < -0.4 is 15.6 Å². The topological polar surface area (TPSA) is 60.3 Å². The molecule has 1 heterocycles. The predicted molar refractivity (Wildman–Crippen MR) is 111 cm³/mol. The van der Waals surface area contributed by atoms with Gasteiger partial charge >= 0.3 is 0 Å². The van der Waals surface area contributed by atoms with Crippen LogP contribution in [0.4, 0.5) is 5.69 Å². The van der Waals surface area contributed by atoms with E-state index in [0.29, 0.717) is 16.5 Å². The molecule has 0 saturated carbocycles. The van der Waals surface area contributed by atoms with Crippen molar-refractivity contribution >= 4 is 45.9 Å². The number of hydrogen-bond acceptors (Lipinski definition) is 4. The number of amides is 1. The second-order valence-electron chi connectivity index (χ2n) is 6.11. The SMILES string of the molecule is COc1ccc(C)cc1NC(=O)CSc1cc(=O)n(C)c2ccc(Cl)cc12. The van der Waals surface area contributed by atoms with E-state index >= 15 is 0 Å². The molecule has 0 saturated heterocycles. The Labute approximate surface area is 166 Å². The van der Waals surface area contributed by atoms with Gasteiger partial charge in [-0.05, 0) is 42.8 Å². The number of aryl methyl sites for hydroxylation is 2. The highest BCUT2D eigenvalue weighted by Crippen LogP contribution is 2.29. The lowest BCUT2D eigenvalue weighted by Gasteiger charge is -2.12. The van der Waals surface area contributed by atoms with Crippen molar-refractivity contribution in [1.82, 2.24) is 4.57 Å². The quantitative estimate of drug-likeness (QED) is 0.648. The highest BCUT2D eigenvalue weighted by Gasteiger charge is 2.12. The molecule has 0 aliphatic heterocycles. The number of thioether (sulfide) groups is 1. The fourth-order valence-corrected chi connectivity index (χ4v) is 3.81. The van der Waals surface area contributed by atoms with E-state index in [1.165, 1.54) is 17.8 Å². The fraction of sp³-hybridized carbons (Fsp3) is 0.200. The van der Waals surface area contributed by atoms with Crippen molar-refractivity contribution in [2.24, 2.45) is 7.05 Å². The molecule has 3 rings (SSSR count). The maximum absolute atomic E-state index is 12.4. The van der Waals surface area contributed by atoms with Crippen molar-refractivity contribution in [3.8, 4) is 5.75 Å². The average Bonchev–Trinajstić information content (AvgIpc) is 2.63. The van der Waals surface area contributed by atoms with Crippen molar-refractivity contribution in [2.45, 2.75) is 11.8 Å². The molecule has 5 nitrogen and oxygen atoms in total. The molecule has 27 heavy (non-hydrogen) atoms. The summed E-state index contributed by atoms with van der Waals surface area (Å²) in [6, 6.07) is 12.5. The summed E-state index contributed by atoms with van der Waals surface area (Å²) < 4.78 is 6.85. The van der Waals surface area contributed by atoms with Gasteiger partial charge in [0.25, 0.3) is 5.56 Å². The van der Waals surface area contributed by atoms with Gasteiger partial charge in [0.2, 0.25) is 5.91 Å². The summed E-state index contributed by atoms with van der Waals surface area (Å²) in [6.45, 7) is 1.94. The van der Waals surface area contributed by atoms with Gasteiger partial charge in [0.15, 0.2) is 0 Å². The molecule has 0 bridgehead atoms. The van der Waals surface area contributed by atoms with Crippen LogP contribution in [0.25, 0.3) is 10.9 Å². The summed E-state index contributed by atoms with van der Waals surface area (Å²) in [4.78, 5) is 25.3. The number of pyridine rings is 1. The number of nitrogens with zero attached hydrogens (tertiary/aromatic N) is 1. The molecule has 0 spiro atoms. The summed E-state index contributed by atoms with van der Waals surface area (Å²) in [5.41, 5.74) is 2.29. The van der Waals surface area contributed by atoms with Gasteiger partial charge in [-0.15, -0.1) is 11.8 Å². The van der Waals surface area contributed by atoms with Gasteiger partial charge in [0.1, 0.15) is 5.75 Å². The Morgan fingerprint density at radius 1 is 1.22 bits per heavy atom. The van der Waals surface area contributed by atoms with Gasteiger partial charge in [0.05, 0.1) is 24.1 Å². The van der Waals surface area contributed by atoms with Gasteiger partial charge in [0, 0.05) is 28.4 Å². The van der Waals surface area contributed by atoms with Crippen molar-refractivity contribution in [3.05, 3.63) is 63.4 Å². The number of rotatable bonds is 5. The van der Waals surface area contributed by atoms with Crippen molar-refractivity contribution in [2.75, 3.05) is 18.2 Å². The van der Waals surface area contributed by atoms with E-state index in [9.17, 15) is 9.59 Å². The van der Waals surface area contributed by atoms with Crippen molar-refractivity contribution in [1.29, 1.82) is 0 Å². The van der Waals surface area contributed by atoms with Crippen LogP contribution in [-0.2, 0) is 11.8 Å². The summed E-state index contributed by atoms with van der Waals surface area (Å²) in [6.07, 6.45) is 0.